The zero-order valence-electron chi connectivity index (χ0n) is 8.84. The highest BCUT2D eigenvalue weighted by Gasteiger charge is 2.28. The molecule has 1 rings (SSSR count). The molecule has 0 spiro atoms. The summed E-state index contributed by atoms with van der Waals surface area (Å²) in [6, 6.07) is 1.96. The van der Waals surface area contributed by atoms with Crippen molar-refractivity contribution >= 4 is 27.7 Å². The maximum Gasteiger partial charge on any atom is 0.316 e. The smallest absolute Gasteiger partial charge is 0.231 e. The van der Waals surface area contributed by atoms with Gasteiger partial charge < -0.3 is 0 Å². The van der Waals surface area contributed by atoms with Crippen LogP contribution in [0.25, 0.3) is 0 Å². The number of aromatic nitrogens is 1. The monoisotopic (exact) mass is 257 g/mol. The van der Waals surface area contributed by atoms with Crippen LogP contribution in [0.4, 0.5) is 5.82 Å². The van der Waals surface area contributed by atoms with E-state index in [1.807, 2.05) is 27.1 Å². The molecule has 0 N–H and O–H groups in total. The fourth-order valence-electron chi connectivity index (χ4n) is 1.27. The third kappa shape index (κ3) is 2.01. The van der Waals surface area contributed by atoms with Crippen molar-refractivity contribution in [2.24, 2.45) is 0 Å². The van der Waals surface area contributed by atoms with E-state index in [1.54, 1.807) is 13.1 Å². The van der Waals surface area contributed by atoms with Gasteiger partial charge in [-0.2, -0.15) is 0 Å². The Hall–Kier alpha value is -0.740. The first kappa shape index (κ1) is 11.3. The van der Waals surface area contributed by atoms with Crippen LogP contribution in [0.2, 0.25) is 0 Å². The minimum absolute atomic E-state index is 0.0722. The van der Waals surface area contributed by atoms with E-state index >= 15 is 0 Å². The number of nitrogens with zero attached hydrogens (tertiary/aromatic N) is 2. The van der Waals surface area contributed by atoms with Crippen LogP contribution in [0.15, 0.2) is 16.7 Å². The normalized spacial score (nSPS) is 11.5. The van der Waals surface area contributed by atoms with Gasteiger partial charge in [0.2, 0.25) is 5.82 Å². The molecule has 0 aromatic carbocycles. The van der Waals surface area contributed by atoms with E-state index in [4.69, 9.17) is 0 Å². The zero-order chi connectivity index (χ0) is 10.9. The number of halogens is 1. The molecular weight excluding hydrogens is 244 g/mol. The lowest BCUT2D eigenvalue weighted by atomic mass is 10.2. The second-order valence-electron chi connectivity index (χ2n) is 3.77. The number of rotatable bonds is 1. The number of aryl methyl sites for hydroxylation is 1. The summed E-state index contributed by atoms with van der Waals surface area (Å²) in [6.45, 7) is 3.53. The summed E-state index contributed by atoms with van der Waals surface area (Å²) in [5.74, 6) is 0.864. The summed E-state index contributed by atoms with van der Waals surface area (Å²) in [5, 5.41) is 0. The summed E-state index contributed by atoms with van der Waals surface area (Å²) in [4.78, 5) is 15.7. The van der Waals surface area contributed by atoms with Crippen molar-refractivity contribution < 1.29 is 4.79 Å². The summed E-state index contributed by atoms with van der Waals surface area (Å²) in [6.07, 6.45) is 1.71. The van der Waals surface area contributed by atoms with E-state index in [2.05, 4.69) is 20.9 Å². The molecule has 0 fully saturated rings. The van der Waals surface area contributed by atoms with Crippen molar-refractivity contribution in [3.8, 4) is 0 Å². The molecule has 0 bridgehead atoms. The maximum atomic E-state index is 11.4. The number of pyridine rings is 1. The summed E-state index contributed by atoms with van der Waals surface area (Å²) >= 11 is 3.35. The van der Waals surface area contributed by atoms with Crippen LogP contribution < -0.4 is 4.48 Å². The molecule has 1 aromatic heterocycles. The largest absolute Gasteiger partial charge is 0.316 e. The minimum atomic E-state index is 0.0722. The standard InChI is InChI=1S/C10H14BrN2O/c1-7-5-9(11)6-12-10(7)13(3,4)8(2)14/h5-6H,1-4H3/q+1. The van der Waals surface area contributed by atoms with Crippen molar-refractivity contribution in [3.63, 3.8) is 0 Å². The van der Waals surface area contributed by atoms with Crippen molar-refractivity contribution in [1.29, 1.82) is 0 Å². The fraction of sp³-hybridized carbons (Fsp3) is 0.400. The Morgan fingerprint density at radius 3 is 2.50 bits per heavy atom. The highest BCUT2D eigenvalue weighted by molar-refractivity contribution is 9.10. The molecule has 0 atom stereocenters. The maximum absolute atomic E-state index is 11.4. The van der Waals surface area contributed by atoms with Crippen LogP contribution in [0.5, 0.6) is 0 Å². The molecule has 1 heterocycles. The Morgan fingerprint density at radius 2 is 2.07 bits per heavy atom. The predicted molar refractivity (Wildman–Crippen MR) is 61.0 cm³/mol. The van der Waals surface area contributed by atoms with Gasteiger partial charge in [0.05, 0.1) is 21.0 Å². The molecule has 0 aliphatic heterocycles. The number of amides is 1. The van der Waals surface area contributed by atoms with Gasteiger partial charge in [0.25, 0.3) is 0 Å². The van der Waals surface area contributed by atoms with Crippen LogP contribution in [0.1, 0.15) is 12.5 Å². The Labute approximate surface area is 92.5 Å². The number of carbonyl (C=O) groups is 1. The van der Waals surface area contributed by atoms with E-state index in [-0.39, 0.29) is 10.4 Å². The molecule has 0 unspecified atom stereocenters. The number of quaternary nitrogens is 1. The van der Waals surface area contributed by atoms with Gasteiger partial charge in [-0.3, -0.25) is 0 Å². The molecule has 1 aromatic rings. The van der Waals surface area contributed by atoms with Gasteiger partial charge in [0.1, 0.15) is 0 Å². The highest BCUT2D eigenvalue weighted by Crippen LogP contribution is 2.23. The van der Waals surface area contributed by atoms with E-state index in [1.165, 1.54) is 0 Å². The lowest BCUT2D eigenvalue weighted by Crippen LogP contribution is -2.46. The Balaban J connectivity index is 3.26. The Morgan fingerprint density at radius 1 is 1.50 bits per heavy atom. The number of hydrogen-bond donors (Lipinski definition) is 0. The summed E-state index contributed by atoms with van der Waals surface area (Å²) in [5.41, 5.74) is 1.01. The molecule has 14 heavy (non-hydrogen) atoms. The molecular formula is C10H14BrN2O+. The van der Waals surface area contributed by atoms with Crippen LogP contribution in [0.3, 0.4) is 0 Å². The predicted octanol–water partition coefficient (Wildman–Crippen LogP) is 2.27. The van der Waals surface area contributed by atoms with Crippen molar-refractivity contribution in [2.45, 2.75) is 13.8 Å². The van der Waals surface area contributed by atoms with E-state index < -0.39 is 0 Å². The average molecular weight is 258 g/mol. The van der Waals surface area contributed by atoms with Crippen LogP contribution in [0, 0.1) is 6.92 Å². The van der Waals surface area contributed by atoms with Gasteiger partial charge in [-0.1, -0.05) is 0 Å². The topological polar surface area (TPSA) is 30.0 Å². The van der Waals surface area contributed by atoms with E-state index in [9.17, 15) is 4.79 Å². The number of carbonyl (C=O) groups excluding carboxylic acids is 1. The molecule has 0 aliphatic rings. The second kappa shape index (κ2) is 3.79. The molecule has 0 saturated carbocycles. The molecule has 0 saturated heterocycles. The lowest BCUT2D eigenvalue weighted by molar-refractivity contribution is -0.125. The van der Waals surface area contributed by atoms with Gasteiger partial charge in [0, 0.05) is 16.2 Å². The van der Waals surface area contributed by atoms with Crippen molar-refractivity contribution in [2.75, 3.05) is 14.1 Å². The van der Waals surface area contributed by atoms with Gasteiger partial charge in [-0.05, 0) is 28.9 Å². The van der Waals surface area contributed by atoms with Gasteiger partial charge >= 0.3 is 5.91 Å². The molecule has 0 aliphatic carbocycles. The SMILES string of the molecule is CC(=O)[N+](C)(C)c1ncc(Br)cc1C. The minimum Gasteiger partial charge on any atom is -0.231 e. The summed E-state index contributed by atoms with van der Waals surface area (Å²) < 4.78 is 1.11. The molecule has 76 valence electrons. The van der Waals surface area contributed by atoms with Crippen molar-refractivity contribution in [1.82, 2.24) is 9.47 Å². The van der Waals surface area contributed by atoms with E-state index in [0.29, 0.717) is 0 Å². The molecule has 4 heteroatoms. The van der Waals surface area contributed by atoms with Crippen molar-refractivity contribution in [3.05, 3.63) is 22.3 Å². The van der Waals surface area contributed by atoms with Gasteiger partial charge in [0.15, 0.2) is 0 Å². The van der Waals surface area contributed by atoms with Crippen LogP contribution in [-0.4, -0.2) is 25.0 Å². The lowest BCUT2D eigenvalue weighted by Gasteiger charge is -2.24. The van der Waals surface area contributed by atoms with Gasteiger partial charge in [-0.15, -0.1) is 0 Å². The third-order valence-electron chi connectivity index (χ3n) is 2.33. The molecule has 0 radical (unpaired) electrons. The average Bonchev–Trinajstić information content (AvgIpc) is 2.02. The highest BCUT2D eigenvalue weighted by atomic mass is 79.9. The van der Waals surface area contributed by atoms with Crippen LogP contribution in [-0.2, 0) is 4.79 Å². The first-order valence-electron chi connectivity index (χ1n) is 4.33. The Kier molecular flexibility index (Phi) is 3.07. The first-order valence-corrected chi connectivity index (χ1v) is 5.13. The first-order chi connectivity index (χ1) is 6.35. The zero-order valence-corrected chi connectivity index (χ0v) is 10.4. The number of hydrogen-bond acceptors (Lipinski definition) is 2. The Bertz CT molecular complexity index is 374. The quantitative estimate of drug-likeness (QED) is 0.723. The van der Waals surface area contributed by atoms with Crippen LogP contribution >= 0.6 is 15.9 Å². The van der Waals surface area contributed by atoms with Gasteiger partial charge in [-0.25, -0.2) is 14.3 Å². The summed E-state index contributed by atoms with van der Waals surface area (Å²) in [7, 11) is 3.68. The van der Waals surface area contributed by atoms with E-state index in [0.717, 1.165) is 15.9 Å². The fourth-order valence-corrected chi connectivity index (χ4v) is 1.71. The molecule has 1 amide bonds. The third-order valence-corrected chi connectivity index (χ3v) is 2.77. The second-order valence-corrected chi connectivity index (χ2v) is 4.68. The molecule has 3 nitrogen and oxygen atoms in total.